The summed E-state index contributed by atoms with van der Waals surface area (Å²) >= 11 is 0. The van der Waals surface area contributed by atoms with Crippen LogP contribution in [0.5, 0.6) is 5.75 Å². The zero-order valence-corrected chi connectivity index (χ0v) is 11.9. The molecule has 7 nitrogen and oxygen atoms in total. The van der Waals surface area contributed by atoms with Crippen molar-refractivity contribution >= 4 is 11.6 Å². The van der Waals surface area contributed by atoms with Gasteiger partial charge in [0, 0.05) is 30.3 Å². The zero-order chi connectivity index (χ0) is 15.2. The van der Waals surface area contributed by atoms with E-state index in [1.54, 1.807) is 0 Å². The lowest BCUT2D eigenvalue weighted by Crippen LogP contribution is -2.43. The molecule has 114 valence electrons. The Bertz CT molecular complexity index is 527. The zero-order valence-electron chi connectivity index (χ0n) is 11.9. The number of rotatable bonds is 5. The van der Waals surface area contributed by atoms with E-state index in [9.17, 15) is 14.9 Å². The normalized spacial score (nSPS) is 18.0. The second-order valence-electron chi connectivity index (χ2n) is 5.00. The second kappa shape index (κ2) is 7.03. The van der Waals surface area contributed by atoms with E-state index < -0.39 is 4.92 Å². The largest absolute Gasteiger partial charge is 0.490 e. The molecule has 0 radical (unpaired) electrons. The maximum atomic E-state index is 12.1. The van der Waals surface area contributed by atoms with Gasteiger partial charge >= 0.3 is 5.69 Å². The van der Waals surface area contributed by atoms with Gasteiger partial charge in [0.15, 0.2) is 5.75 Å². The number of benzene rings is 1. The van der Waals surface area contributed by atoms with Crippen LogP contribution in [-0.2, 0) is 0 Å². The van der Waals surface area contributed by atoms with Crippen LogP contribution in [0.3, 0.4) is 0 Å². The lowest BCUT2D eigenvalue weighted by Gasteiger charge is -2.23. The monoisotopic (exact) mass is 293 g/mol. The fourth-order valence-corrected chi connectivity index (χ4v) is 2.39. The van der Waals surface area contributed by atoms with Crippen LogP contribution in [-0.4, -0.2) is 37.1 Å². The van der Waals surface area contributed by atoms with Crippen LogP contribution in [0, 0.1) is 10.1 Å². The minimum atomic E-state index is -0.535. The molecule has 1 atom stereocenters. The average molecular weight is 293 g/mol. The molecule has 1 aromatic carbocycles. The van der Waals surface area contributed by atoms with Crippen molar-refractivity contribution in [1.82, 2.24) is 10.6 Å². The molecule has 21 heavy (non-hydrogen) atoms. The highest BCUT2D eigenvalue weighted by atomic mass is 16.6. The van der Waals surface area contributed by atoms with Gasteiger partial charge in [-0.25, -0.2) is 0 Å². The van der Waals surface area contributed by atoms with Crippen LogP contribution < -0.4 is 15.4 Å². The number of piperidine rings is 1. The Morgan fingerprint density at radius 3 is 2.95 bits per heavy atom. The van der Waals surface area contributed by atoms with E-state index in [2.05, 4.69) is 10.6 Å². The van der Waals surface area contributed by atoms with Gasteiger partial charge in [-0.05, 0) is 25.5 Å². The van der Waals surface area contributed by atoms with Gasteiger partial charge in [-0.3, -0.25) is 14.9 Å². The summed E-state index contributed by atoms with van der Waals surface area (Å²) in [4.78, 5) is 22.3. The number of amides is 1. The van der Waals surface area contributed by atoms with Gasteiger partial charge in [-0.1, -0.05) is 6.42 Å². The summed E-state index contributed by atoms with van der Waals surface area (Å²) in [5.74, 6) is -0.168. The minimum Gasteiger partial charge on any atom is -0.490 e. The Balaban J connectivity index is 2.00. The number of hydrogen-bond acceptors (Lipinski definition) is 5. The van der Waals surface area contributed by atoms with Gasteiger partial charge in [0.2, 0.25) is 0 Å². The summed E-state index contributed by atoms with van der Waals surface area (Å²) in [5, 5.41) is 17.0. The molecule has 0 aromatic heterocycles. The molecular formula is C14H19N3O4. The maximum absolute atomic E-state index is 12.1. The summed E-state index contributed by atoms with van der Waals surface area (Å²) in [6.07, 6.45) is 3.38. The molecule has 1 aliphatic heterocycles. The van der Waals surface area contributed by atoms with Crippen molar-refractivity contribution in [2.75, 3.05) is 20.2 Å². The summed E-state index contributed by atoms with van der Waals surface area (Å²) in [6.45, 7) is 1.53. The first-order chi connectivity index (χ1) is 10.1. The fourth-order valence-electron chi connectivity index (χ4n) is 2.39. The first-order valence-electron chi connectivity index (χ1n) is 6.96. The highest BCUT2D eigenvalue weighted by molar-refractivity contribution is 5.95. The van der Waals surface area contributed by atoms with Crippen LogP contribution in [0.15, 0.2) is 18.2 Å². The highest BCUT2D eigenvalue weighted by Gasteiger charge is 2.18. The first-order valence-corrected chi connectivity index (χ1v) is 6.96. The standard InChI is InChI=1S/C14H19N3O4/c1-21-13-8-10(5-6-12(13)17(19)20)14(18)16-9-11-4-2-3-7-15-11/h5-6,8,11,15H,2-4,7,9H2,1H3,(H,16,18). The fraction of sp³-hybridized carbons (Fsp3) is 0.500. The quantitative estimate of drug-likeness (QED) is 0.633. The van der Waals surface area contributed by atoms with E-state index in [-0.39, 0.29) is 17.3 Å². The predicted molar refractivity (Wildman–Crippen MR) is 77.6 cm³/mol. The summed E-state index contributed by atoms with van der Waals surface area (Å²) < 4.78 is 4.96. The molecule has 1 unspecified atom stereocenters. The van der Waals surface area contributed by atoms with E-state index in [0.29, 0.717) is 18.2 Å². The van der Waals surface area contributed by atoms with Crippen molar-refractivity contribution < 1.29 is 14.5 Å². The molecule has 1 heterocycles. The summed E-state index contributed by atoms with van der Waals surface area (Å²) in [5.41, 5.74) is 0.205. The van der Waals surface area contributed by atoms with Crippen LogP contribution in [0.4, 0.5) is 5.69 Å². The van der Waals surface area contributed by atoms with E-state index in [1.165, 1.54) is 38.2 Å². The molecule has 2 N–H and O–H groups in total. The van der Waals surface area contributed by atoms with Crippen LogP contribution >= 0.6 is 0 Å². The van der Waals surface area contributed by atoms with Crippen molar-refractivity contribution in [2.24, 2.45) is 0 Å². The van der Waals surface area contributed by atoms with E-state index in [0.717, 1.165) is 13.0 Å². The van der Waals surface area contributed by atoms with Gasteiger partial charge in [0.25, 0.3) is 5.91 Å². The molecule has 0 saturated carbocycles. The Morgan fingerprint density at radius 1 is 1.52 bits per heavy atom. The number of nitro benzene ring substituents is 1. The number of nitrogens with one attached hydrogen (secondary N) is 2. The number of nitro groups is 1. The Morgan fingerprint density at radius 2 is 2.33 bits per heavy atom. The van der Waals surface area contributed by atoms with Crippen molar-refractivity contribution in [3.8, 4) is 5.75 Å². The second-order valence-corrected chi connectivity index (χ2v) is 5.00. The van der Waals surface area contributed by atoms with Gasteiger partial charge in [0.05, 0.1) is 12.0 Å². The number of methoxy groups -OCH3 is 1. The number of carbonyl (C=O) groups is 1. The lowest BCUT2D eigenvalue weighted by molar-refractivity contribution is -0.385. The Labute approximate surface area is 122 Å². The summed E-state index contributed by atoms with van der Waals surface area (Å²) in [7, 11) is 1.34. The van der Waals surface area contributed by atoms with Crippen LogP contribution in [0.2, 0.25) is 0 Å². The van der Waals surface area contributed by atoms with E-state index in [1.807, 2.05) is 0 Å². The summed E-state index contributed by atoms with van der Waals surface area (Å²) in [6, 6.07) is 4.40. The smallest absolute Gasteiger partial charge is 0.310 e. The molecular weight excluding hydrogens is 274 g/mol. The van der Waals surface area contributed by atoms with Crippen molar-refractivity contribution in [2.45, 2.75) is 25.3 Å². The third kappa shape index (κ3) is 3.91. The van der Waals surface area contributed by atoms with Crippen molar-refractivity contribution in [3.05, 3.63) is 33.9 Å². The number of hydrogen-bond donors (Lipinski definition) is 2. The van der Waals surface area contributed by atoms with E-state index >= 15 is 0 Å². The van der Waals surface area contributed by atoms with Gasteiger partial charge in [0.1, 0.15) is 0 Å². The van der Waals surface area contributed by atoms with Gasteiger partial charge < -0.3 is 15.4 Å². The van der Waals surface area contributed by atoms with Gasteiger partial charge in [-0.15, -0.1) is 0 Å². The van der Waals surface area contributed by atoms with Crippen molar-refractivity contribution in [3.63, 3.8) is 0 Å². The SMILES string of the molecule is COc1cc(C(=O)NCC2CCCCN2)ccc1[N+](=O)[O-]. The van der Waals surface area contributed by atoms with Crippen LogP contribution in [0.1, 0.15) is 29.6 Å². The molecule has 0 bridgehead atoms. The average Bonchev–Trinajstić information content (AvgIpc) is 2.52. The molecule has 7 heteroatoms. The molecule has 1 fully saturated rings. The number of carbonyl (C=O) groups excluding carboxylic acids is 1. The third-order valence-electron chi connectivity index (χ3n) is 3.56. The number of nitrogens with zero attached hydrogens (tertiary/aromatic N) is 1. The predicted octanol–water partition coefficient (Wildman–Crippen LogP) is 1.48. The van der Waals surface area contributed by atoms with Gasteiger partial charge in [-0.2, -0.15) is 0 Å². The first kappa shape index (κ1) is 15.2. The topological polar surface area (TPSA) is 93.5 Å². The number of ether oxygens (including phenoxy) is 1. The lowest BCUT2D eigenvalue weighted by atomic mass is 10.0. The molecule has 1 saturated heterocycles. The molecule has 0 spiro atoms. The molecule has 1 aromatic rings. The molecule has 1 aliphatic rings. The van der Waals surface area contributed by atoms with E-state index in [4.69, 9.17) is 4.74 Å². The maximum Gasteiger partial charge on any atom is 0.310 e. The Kier molecular flexibility index (Phi) is 5.10. The van der Waals surface area contributed by atoms with Crippen LogP contribution in [0.25, 0.3) is 0 Å². The Hall–Kier alpha value is -2.15. The highest BCUT2D eigenvalue weighted by Crippen LogP contribution is 2.27. The molecule has 0 aliphatic carbocycles. The van der Waals surface area contributed by atoms with Crippen molar-refractivity contribution in [1.29, 1.82) is 0 Å². The minimum absolute atomic E-state index is 0.0865. The third-order valence-corrected chi connectivity index (χ3v) is 3.56. The molecule has 1 amide bonds. The molecule has 2 rings (SSSR count).